The molecule has 35 heavy (non-hydrogen) atoms. The van der Waals surface area contributed by atoms with Gasteiger partial charge in [0.05, 0.1) is 11.0 Å². The molecule has 0 aliphatic heterocycles. The molecule has 4 rings (SSSR count). The largest absolute Gasteiger partial charge is 0.573 e. The number of benzene rings is 2. The summed E-state index contributed by atoms with van der Waals surface area (Å²) in [5, 5.41) is 6.96. The zero-order valence-corrected chi connectivity index (χ0v) is 19.9. The molecule has 1 aromatic heterocycles. The summed E-state index contributed by atoms with van der Waals surface area (Å²) in [5.74, 6) is 12.1. The first-order chi connectivity index (χ1) is 16.5. The van der Waals surface area contributed by atoms with Gasteiger partial charge in [-0.1, -0.05) is 20.8 Å². The maximum atomic E-state index is 12.5. The number of nitrogens with one attached hydrogen (secondary N) is 2. The molecule has 1 aliphatic rings. The van der Waals surface area contributed by atoms with E-state index in [2.05, 4.69) is 45.9 Å². The molecule has 11 heteroatoms. The fourth-order valence-electron chi connectivity index (χ4n) is 5.26. The second kappa shape index (κ2) is 9.29. The lowest BCUT2D eigenvalue weighted by Gasteiger charge is -2.40. The number of aromatic nitrogens is 2. The number of rotatable bonds is 5. The highest BCUT2D eigenvalue weighted by Gasteiger charge is 2.35. The predicted octanol–water partition coefficient (Wildman–Crippen LogP) is 5.15. The van der Waals surface area contributed by atoms with Crippen molar-refractivity contribution in [3.63, 3.8) is 0 Å². The Kier molecular flexibility index (Phi) is 6.54. The van der Waals surface area contributed by atoms with Gasteiger partial charge in [-0.05, 0) is 73.1 Å². The number of amidine groups is 1. The molecule has 1 fully saturated rings. The van der Waals surface area contributed by atoms with Crippen molar-refractivity contribution in [3.8, 4) is 5.75 Å². The summed E-state index contributed by atoms with van der Waals surface area (Å²) in [6.07, 6.45) is -1.64. The summed E-state index contributed by atoms with van der Waals surface area (Å²) in [6.45, 7) is 6.81. The number of alkyl halides is 3. The van der Waals surface area contributed by atoms with Crippen LogP contribution in [0.15, 0.2) is 47.6 Å². The molecule has 1 aliphatic carbocycles. The molecule has 8 nitrogen and oxygen atoms in total. The van der Waals surface area contributed by atoms with Crippen molar-refractivity contribution in [1.29, 1.82) is 0 Å². The number of hydrogen-bond donors (Lipinski definition) is 4. The molecule has 0 spiro atoms. The Hall–Kier alpha value is -3.47. The Morgan fingerprint density at radius 2 is 1.89 bits per heavy atom. The zero-order chi connectivity index (χ0) is 25.4. The van der Waals surface area contributed by atoms with Gasteiger partial charge in [-0.15, -0.1) is 13.2 Å². The first kappa shape index (κ1) is 24.6. The van der Waals surface area contributed by atoms with Gasteiger partial charge < -0.3 is 25.9 Å². The van der Waals surface area contributed by atoms with E-state index in [-0.39, 0.29) is 17.2 Å². The Balaban J connectivity index is 1.75. The molecule has 6 N–H and O–H groups in total. The van der Waals surface area contributed by atoms with Gasteiger partial charge in [0, 0.05) is 17.3 Å². The monoisotopic (exact) mass is 489 g/mol. The number of hydrazone groups is 1. The van der Waals surface area contributed by atoms with Crippen LogP contribution in [-0.4, -0.2) is 21.7 Å². The van der Waals surface area contributed by atoms with Gasteiger partial charge in [-0.2, -0.15) is 5.10 Å². The van der Waals surface area contributed by atoms with Gasteiger partial charge in [0.25, 0.3) is 0 Å². The van der Waals surface area contributed by atoms with Gasteiger partial charge in [-0.3, -0.25) is 0 Å². The molecule has 0 saturated heterocycles. The number of anilines is 2. The molecule has 1 saturated carbocycles. The predicted molar refractivity (Wildman–Crippen MR) is 130 cm³/mol. The van der Waals surface area contributed by atoms with Crippen molar-refractivity contribution in [2.24, 2.45) is 28.1 Å². The highest BCUT2D eigenvalue weighted by molar-refractivity contribution is 6.01. The number of nitrogens with two attached hydrogens (primary N) is 2. The number of fused-ring (bicyclic) bond motifs is 1. The second-order valence-electron chi connectivity index (χ2n) is 9.90. The van der Waals surface area contributed by atoms with E-state index in [1.54, 1.807) is 0 Å². The highest BCUT2D eigenvalue weighted by atomic mass is 19.4. The first-order valence-electron chi connectivity index (χ1n) is 11.4. The van der Waals surface area contributed by atoms with E-state index in [0.717, 1.165) is 30.3 Å². The van der Waals surface area contributed by atoms with Gasteiger partial charge in [0.15, 0.2) is 5.84 Å². The molecule has 2 atom stereocenters. The standard InChI is InChI=1S/C24H30F3N7O/c1-14-10-17(13-23(2,3)12-14)34-20-9-4-15(21(32-28)33-29)11-19(20)31-22(34)30-16-5-7-18(8-6-16)35-24(25,26)27/h4-9,11,14,17H,10,12-13,28-29H2,1-3H3,(H,30,31)(H,32,33). The van der Waals surface area contributed by atoms with E-state index in [9.17, 15) is 13.2 Å². The van der Waals surface area contributed by atoms with Crippen molar-refractivity contribution in [2.75, 3.05) is 5.32 Å². The third-order valence-corrected chi connectivity index (χ3v) is 6.30. The Labute approximate surface area is 201 Å². The van der Waals surface area contributed by atoms with E-state index < -0.39 is 6.36 Å². The van der Waals surface area contributed by atoms with Crippen molar-refractivity contribution in [2.45, 2.75) is 52.4 Å². The van der Waals surface area contributed by atoms with E-state index >= 15 is 0 Å². The molecule has 2 unspecified atom stereocenters. The van der Waals surface area contributed by atoms with Crippen molar-refractivity contribution >= 4 is 28.5 Å². The normalized spacial score (nSPS) is 20.6. The molecular formula is C24H30F3N7O. The van der Waals surface area contributed by atoms with E-state index in [1.807, 2.05) is 18.2 Å². The fraction of sp³-hybridized carbons (Fsp3) is 0.417. The van der Waals surface area contributed by atoms with E-state index in [4.69, 9.17) is 16.7 Å². The van der Waals surface area contributed by atoms with Crippen molar-refractivity contribution in [3.05, 3.63) is 48.0 Å². The minimum absolute atomic E-state index is 0.162. The quantitative estimate of drug-likeness (QED) is 0.171. The zero-order valence-electron chi connectivity index (χ0n) is 19.9. The average Bonchev–Trinajstić information content (AvgIpc) is 3.10. The van der Waals surface area contributed by atoms with Crippen LogP contribution in [0.25, 0.3) is 11.0 Å². The third kappa shape index (κ3) is 5.61. The van der Waals surface area contributed by atoms with Crippen LogP contribution in [0, 0.1) is 11.3 Å². The van der Waals surface area contributed by atoms with Crippen molar-refractivity contribution < 1.29 is 17.9 Å². The lowest BCUT2D eigenvalue weighted by molar-refractivity contribution is -0.274. The Morgan fingerprint density at radius 1 is 1.17 bits per heavy atom. The van der Waals surface area contributed by atoms with Crippen LogP contribution in [0.3, 0.4) is 0 Å². The SMILES string of the molecule is CC1CC(n2c(Nc3ccc(OC(F)(F)F)cc3)nc3cc(/C(=N/N)NN)ccc32)CC(C)(C)C1. The maximum absolute atomic E-state index is 12.5. The van der Waals surface area contributed by atoms with Gasteiger partial charge in [-0.25, -0.2) is 10.8 Å². The molecule has 188 valence electrons. The van der Waals surface area contributed by atoms with Crippen LogP contribution < -0.4 is 27.2 Å². The molecule has 1 heterocycles. The number of hydrogen-bond acceptors (Lipinski definition) is 6. The molecule has 3 aromatic rings. The van der Waals surface area contributed by atoms with E-state index in [0.29, 0.717) is 29.0 Å². The van der Waals surface area contributed by atoms with Gasteiger partial charge >= 0.3 is 6.36 Å². The summed E-state index contributed by atoms with van der Waals surface area (Å²) in [5.41, 5.74) is 5.56. The lowest BCUT2D eigenvalue weighted by Crippen LogP contribution is -2.32. The lowest BCUT2D eigenvalue weighted by atomic mass is 9.70. The number of nitrogens with zero attached hydrogens (tertiary/aromatic N) is 3. The van der Waals surface area contributed by atoms with E-state index in [1.165, 1.54) is 24.3 Å². The van der Waals surface area contributed by atoms with Crippen LogP contribution >= 0.6 is 0 Å². The molecular weight excluding hydrogens is 459 g/mol. The molecule has 0 bridgehead atoms. The molecule has 0 radical (unpaired) electrons. The minimum Gasteiger partial charge on any atom is -0.406 e. The van der Waals surface area contributed by atoms with Crippen LogP contribution in [0.5, 0.6) is 5.75 Å². The van der Waals surface area contributed by atoms with Crippen LogP contribution in [0.2, 0.25) is 0 Å². The number of hydrazine groups is 1. The van der Waals surface area contributed by atoms with Crippen LogP contribution in [0.4, 0.5) is 24.8 Å². The summed E-state index contributed by atoms with van der Waals surface area (Å²) in [4.78, 5) is 4.83. The first-order valence-corrected chi connectivity index (χ1v) is 11.4. The van der Waals surface area contributed by atoms with Gasteiger partial charge in [0.2, 0.25) is 5.95 Å². The molecule has 0 amide bonds. The van der Waals surface area contributed by atoms with Crippen molar-refractivity contribution in [1.82, 2.24) is 15.0 Å². The number of halogens is 3. The summed E-state index contributed by atoms with van der Waals surface area (Å²) in [6, 6.07) is 11.5. The number of imidazole rings is 1. The summed E-state index contributed by atoms with van der Waals surface area (Å²) < 4.78 is 43.7. The highest BCUT2D eigenvalue weighted by Crippen LogP contribution is 2.46. The average molecular weight is 490 g/mol. The van der Waals surface area contributed by atoms with Gasteiger partial charge in [0.1, 0.15) is 5.75 Å². The van der Waals surface area contributed by atoms with Crippen LogP contribution in [-0.2, 0) is 0 Å². The Morgan fingerprint density at radius 3 is 2.49 bits per heavy atom. The molecule has 2 aromatic carbocycles. The Bertz CT molecular complexity index is 1220. The minimum atomic E-state index is -4.74. The smallest absolute Gasteiger partial charge is 0.406 e. The maximum Gasteiger partial charge on any atom is 0.573 e. The third-order valence-electron chi connectivity index (χ3n) is 6.30. The summed E-state index contributed by atoms with van der Waals surface area (Å²) >= 11 is 0. The fourth-order valence-corrected chi connectivity index (χ4v) is 5.26. The number of ether oxygens (including phenoxy) is 1. The van der Waals surface area contributed by atoms with Crippen LogP contribution in [0.1, 0.15) is 51.6 Å². The topological polar surface area (TPSA) is 116 Å². The second-order valence-corrected chi connectivity index (χ2v) is 9.90. The summed E-state index contributed by atoms with van der Waals surface area (Å²) in [7, 11) is 0.